The summed E-state index contributed by atoms with van der Waals surface area (Å²) in [5.41, 5.74) is 0.917. The molecular formula is C21H17NOS. The molecule has 3 rings (SSSR count). The van der Waals surface area contributed by atoms with Crippen molar-refractivity contribution in [3.8, 4) is 5.75 Å². The highest BCUT2D eigenvalue weighted by Gasteiger charge is 2.00. The van der Waals surface area contributed by atoms with Gasteiger partial charge < -0.3 is 4.74 Å². The van der Waals surface area contributed by atoms with Gasteiger partial charge in [0.15, 0.2) is 0 Å². The van der Waals surface area contributed by atoms with E-state index in [2.05, 4.69) is 12.1 Å². The number of thioether (sulfide) groups is 1. The Balaban J connectivity index is 1.78. The fourth-order valence-corrected chi connectivity index (χ4v) is 2.81. The largest absolute Gasteiger partial charge is 0.465 e. The molecule has 0 heterocycles. The predicted octanol–water partition coefficient (Wildman–Crippen LogP) is 6.10. The zero-order chi connectivity index (χ0) is 16.5. The Morgan fingerprint density at radius 1 is 0.750 bits per heavy atom. The van der Waals surface area contributed by atoms with Crippen LogP contribution in [0.2, 0.25) is 0 Å². The maximum absolute atomic E-state index is 5.64. The van der Waals surface area contributed by atoms with Crippen molar-refractivity contribution in [3.63, 3.8) is 0 Å². The van der Waals surface area contributed by atoms with Crippen LogP contribution in [0.1, 0.15) is 0 Å². The van der Waals surface area contributed by atoms with Crippen molar-refractivity contribution in [1.29, 1.82) is 0 Å². The molecule has 0 aromatic heterocycles. The van der Waals surface area contributed by atoms with Gasteiger partial charge >= 0.3 is 0 Å². The molecule has 118 valence electrons. The van der Waals surface area contributed by atoms with Gasteiger partial charge in [0.25, 0.3) is 0 Å². The Morgan fingerprint density at radius 3 is 2.00 bits per heavy atom. The van der Waals surface area contributed by atoms with E-state index in [4.69, 9.17) is 9.73 Å². The van der Waals surface area contributed by atoms with Gasteiger partial charge in [-0.1, -0.05) is 66.4 Å². The van der Waals surface area contributed by atoms with Gasteiger partial charge in [0, 0.05) is 11.0 Å². The molecule has 0 atom stereocenters. The van der Waals surface area contributed by atoms with Crippen LogP contribution in [0, 0.1) is 0 Å². The Hall–Kier alpha value is -2.78. The summed E-state index contributed by atoms with van der Waals surface area (Å²) in [6.45, 7) is 0. The summed E-state index contributed by atoms with van der Waals surface area (Å²) >= 11 is 1.60. The number of rotatable bonds is 5. The first-order valence-corrected chi connectivity index (χ1v) is 8.47. The number of hydrogen-bond donors (Lipinski definition) is 0. The number of nitrogens with zero attached hydrogens (tertiary/aromatic N) is 1. The highest BCUT2D eigenvalue weighted by atomic mass is 32.2. The van der Waals surface area contributed by atoms with Gasteiger partial charge in [0.2, 0.25) is 0 Å². The lowest BCUT2D eigenvalue weighted by molar-refractivity contribution is 0.482. The summed E-state index contributed by atoms with van der Waals surface area (Å²) in [5, 5.41) is 0.864. The van der Waals surface area contributed by atoms with Crippen molar-refractivity contribution >= 4 is 22.5 Å². The van der Waals surface area contributed by atoms with Gasteiger partial charge in [-0.25, -0.2) is 4.99 Å². The predicted molar refractivity (Wildman–Crippen MR) is 102 cm³/mol. The van der Waals surface area contributed by atoms with E-state index in [1.807, 2.05) is 84.9 Å². The van der Waals surface area contributed by atoms with E-state index in [9.17, 15) is 0 Å². The van der Waals surface area contributed by atoms with Crippen molar-refractivity contribution in [2.24, 2.45) is 4.99 Å². The van der Waals surface area contributed by atoms with Gasteiger partial charge in [0.1, 0.15) is 10.8 Å². The molecule has 2 nitrogen and oxygen atoms in total. The summed E-state index contributed by atoms with van der Waals surface area (Å²) in [7, 11) is 0. The van der Waals surface area contributed by atoms with E-state index < -0.39 is 0 Å². The zero-order valence-corrected chi connectivity index (χ0v) is 13.9. The number of ether oxygens (including phenoxy) is 1. The molecule has 0 fully saturated rings. The van der Waals surface area contributed by atoms with E-state index in [1.165, 1.54) is 0 Å². The minimum absolute atomic E-state index is 0.803. The first kappa shape index (κ1) is 16.1. The van der Waals surface area contributed by atoms with Crippen LogP contribution >= 0.6 is 11.8 Å². The van der Waals surface area contributed by atoms with Crippen LogP contribution in [0.3, 0.4) is 0 Å². The topological polar surface area (TPSA) is 21.6 Å². The monoisotopic (exact) mass is 331 g/mol. The van der Waals surface area contributed by atoms with Crippen molar-refractivity contribution < 1.29 is 4.74 Å². The van der Waals surface area contributed by atoms with Crippen LogP contribution in [0.5, 0.6) is 5.75 Å². The van der Waals surface area contributed by atoms with Crippen LogP contribution in [0.4, 0.5) is 5.69 Å². The van der Waals surface area contributed by atoms with Crippen molar-refractivity contribution in [3.05, 3.63) is 103 Å². The van der Waals surface area contributed by atoms with Gasteiger partial charge in [0.05, 0.1) is 11.9 Å². The number of hydrogen-bond acceptors (Lipinski definition) is 3. The molecule has 0 spiro atoms. The summed E-state index contributed by atoms with van der Waals surface area (Å²) in [6.07, 6.45) is 3.56. The van der Waals surface area contributed by atoms with E-state index in [0.29, 0.717) is 0 Å². The molecule has 3 aromatic carbocycles. The highest BCUT2D eigenvalue weighted by Crippen LogP contribution is 2.23. The molecule has 0 saturated carbocycles. The van der Waals surface area contributed by atoms with Crippen LogP contribution in [0.25, 0.3) is 0 Å². The summed E-state index contributed by atoms with van der Waals surface area (Å²) < 4.78 is 5.64. The lowest BCUT2D eigenvalue weighted by Crippen LogP contribution is -1.89. The smallest absolute Gasteiger partial charge is 0.126 e. The SMILES string of the molecule is C(=CC(=Nc1ccccc1)Sc1ccccc1)Oc1ccccc1. The molecular weight excluding hydrogens is 314 g/mol. The van der Waals surface area contributed by atoms with E-state index >= 15 is 0 Å². The average molecular weight is 331 g/mol. The molecule has 0 saturated heterocycles. The Kier molecular flexibility index (Phi) is 5.87. The Morgan fingerprint density at radius 2 is 1.33 bits per heavy atom. The summed E-state index contributed by atoms with van der Waals surface area (Å²) in [4.78, 5) is 5.83. The molecule has 0 aliphatic rings. The third kappa shape index (κ3) is 5.14. The maximum atomic E-state index is 5.64. The Bertz CT molecular complexity index is 799. The van der Waals surface area contributed by atoms with E-state index in [0.717, 1.165) is 21.4 Å². The van der Waals surface area contributed by atoms with Crippen LogP contribution in [-0.2, 0) is 0 Å². The second-order valence-electron chi connectivity index (χ2n) is 4.93. The molecule has 0 aliphatic heterocycles. The number of para-hydroxylation sites is 2. The minimum Gasteiger partial charge on any atom is -0.465 e. The lowest BCUT2D eigenvalue weighted by Gasteiger charge is -2.03. The molecule has 0 radical (unpaired) electrons. The van der Waals surface area contributed by atoms with Crippen LogP contribution < -0.4 is 4.74 Å². The second-order valence-corrected chi connectivity index (χ2v) is 6.03. The molecule has 3 heteroatoms. The first-order valence-electron chi connectivity index (χ1n) is 7.65. The average Bonchev–Trinajstić information content (AvgIpc) is 2.64. The van der Waals surface area contributed by atoms with Crippen molar-refractivity contribution in [1.82, 2.24) is 0 Å². The van der Waals surface area contributed by atoms with Crippen molar-refractivity contribution in [2.75, 3.05) is 0 Å². The molecule has 0 N–H and O–H groups in total. The lowest BCUT2D eigenvalue weighted by atomic mass is 10.3. The number of benzene rings is 3. The zero-order valence-electron chi connectivity index (χ0n) is 13.1. The minimum atomic E-state index is 0.803. The maximum Gasteiger partial charge on any atom is 0.126 e. The first-order chi connectivity index (χ1) is 11.9. The van der Waals surface area contributed by atoms with Gasteiger partial charge in [-0.3, -0.25) is 0 Å². The van der Waals surface area contributed by atoms with Crippen molar-refractivity contribution in [2.45, 2.75) is 4.90 Å². The van der Waals surface area contributed by atoms with Gasteiger partial charge in [-0.2, -0.15) is 0 Å². The molecule has 0 unspecified atom stereocenters. The summed E-state index contributed by atoms with van der Waals surface area (Å²) in [5.74, 6) is 0.803. The fraction of sp³-hybridized carbons (Fsp3) is 0. The normalized spacial score (nSPS) is 11.6. The third-order valence-corrected chi connectivity index (χ3v) is 4.06. The van der Waals surface area contributed by atoms with Crippen LogP contribution in [-0.4, -0.2) is 5.04 Å². The molecule has 0 amide bonds. The second kappa shape index (κ2) is 8.75. The molecule has 3 aromatic rings. The fourth-order valence-electron chi connectivity index (χ4n) is 2.00. The molecule has 24 heavy (non-hydrogen) atoms. The highest BCUT2D eigenvalue weighted by molar-refractivity contribution is 8.14. The standard InChI is InChI=1S/C21H17NOS/c1-4-10-18(11-5-1)22-21(24-20-14-8-3-9-15-20)16-17-23-19-12-6-2-7-13-19/h1-17H. The third-order valence-electron chi connectivity index (χ3n) is 3.12. The molecule has 0 aliphatic carbocycles. The van der Waals surface area contributed by atoms with E-state index in [-0.39, 0.29) is 0 Å². The van der Waals surface area contributed by atoms with Crippen LogP contribution in [0.15, 0.2) is 113 Å². The molecule has 0 bridgehead atoms. The quantitative estimate of drug-likeness (QED) is 0.244. The van der Waals surface area contributed by atoms with E-state index in [1.54, 1.807) is 18.0 Å². The summed E-state index contributed by atoms with van der Waals surface area (Å²) in [6, 6.07) is 29.8. The Labute approximate surface area is 146 Å². The van der Waals surface area contributed by atoms with Gasteiger partial charge in [-0.05, 0) is 36.4 Å². The number of aliphatic imine (C=N–C) groups is 1. The van der Waals surface area contributed by atoms with Gasteiger partial charge in [-0.15, -0.1) is 0 Å².